The number of hydrogen-bond donors (Lipinski definition) is 4. The standard InChI is InChI=1S/C27H28FN7O5/c1-27(25(38)29-10-12-37)22-19(8-4-5-11-36)30-23(31-24(22)32-26(27)39)20-14-21(18-9-13-40-34-18)35(33-20)15-16-6-2-3-7-17(16)28/h2-3,6-7,9,13-14,36-37H,4-5,8,10-12,15H2,1H3,(H,29,38)(H,30,31,32,39). The number of hydrogen-bond acceptors (Lipinski definition) is 9. The maximum atomic E-state index is 14.5. The monoisotopic (exact) mass is 549 g/mol. The van der Waals surface area contributed by atoms with E-state index in [-0.39, 0.29) is 43.8 Å². The largest absolute Gasteiger partial charge is 0.396 e. The molecule has 5 rings (SSSR count). The van der Waals surface area contributed by atoms with Crippen LogP contribution < -0.4 is 10.6 Å². The molecular formula is C27H28FN7O5. The van der Waals surface area contributed by atoms with Gasteiger partial charge in [0.25, 0.3) is 0 Å². The Morgan fingerprint density at radius 2 is 1.98 bits per heavy atom. The number of anilines is 1. The van der Waals surface area contributed by atoms with Crippen LogP contribution in [0.3, 0.4) is 0 Å². The molecule has 1 atom stereocenters. The normalized spacial score (nSPS) is 16.1. The summed E-state index contributed by atoms with van der Waals surface area (Å²) in [5.74, 6) is -1.16. The lowest BCUT2D eigenvalue weighted by molar-refractivity contribution is -0.133. The number of aliphatic hydroxyl groups is 2. The molecule has 208 valence electrons. The second-order valence-electron chi connectivity index (χ2n) is 9.51. The van der Waals surface area contributed by atoms with Crippen LogP contribution in [-0.4, -0.2) is 66.7 Å². The van der Waals surface area contributed by atoms with Gasteiger partial charge in [0.1, 0.15) is 29.3 Å². The minimum absolute atomic E-state index is 0.0138. The van der Waals surface area contributed by atoms with Crippen LogP contribution in [0.25, 0.3) is 22.9 Å². The molecule has 0 saturated heterocycles. The van der Waals surface area contributed by atoms with E-state index in [1.807, 2.05) is 0 Å². The summed E-state index contributed by atoms with van der Waals surface area (Å²) in [6, 6.07) is 9.72. The summed E-state index contributed by atoms with van der Waals surface area (Å²) in [7, 11) is 0. The highest BCUT2D eigenvalue weighted by Crippen LogP contribution is 2.40. The van der Waals surface area contributed by atoms with Crippen LogP contribution in [-0.2, 0) is 28.0 Å². The van der Waals surface area contributed by atoms with Crippen LogP contribution in [0.5, 0.6) is 0 Å². The number of carbonyl (C=O) groups is 2. The summed E-state index contributed by atoms with van der Waals surface area (Å²) in [5, 5.41) is 32.4. The number of aromatic nitrogens is 5. The maximum Gasteiger partial charge on any atom is 0.245 e. The van der Waals surface area contributed by atoms with Crippen LogP contribution in [0.2, 0.25) is 0 Å². The zero-order chi connectivity index (χ0) is 28.3. The quantitative estimate of drug-likeness (QED) is 0.161. The first-order valence-electron chi connectivity index (χ1n) is 12.8. The number of nitrogens with zero attached hydrogens (tertiary/aromatic N) is 5. The van der Waals surface area contributed by atoms with Gasteiger partial charge in [0.15, 0.2) is 11.2 Å². The van der Waals surface area contributed by atoms with Crippen molar-refractivity contribution in [1.29, 1.82) is 0 Å². The summed E-state index contributed by atoms with van der Waals surface area (Å²) < 4.78 is 21.1. The van der Waals surface area contributed by atoms with E-state index in [1.165, 1.54) is 19.3 Å². The van der Waals surface area contributed by atoms with Crippen LogP contribution in [0.1, 0.15) is 36.6 Å². The number of benzene rings is 1. The second kappa shape index (κ2) is 11.3. The number of unbranched alkanes of at least 4 members (excludes halogenated alkanes) is 1. The number of fused-ring (bicyclic) bond motifs is 1. The lowest BCUT2D eigenvalue weighted by Gasteiger charge is -2.23. The first-order valence-corrected chi connectivity index (χ1v) is 12.8. The predicted molar refractivity (Wildman–Crippen MR) is 140 cm³/mol. The van der Waals surface area contributed by atoms with E-state index in [1.54, 1.807) is 35.0 Å². The van der Waals surface area contributed by atoms with Crippen molar-refractivity contribution in [2.45, 2.75) is 38.1 Å². The van der Waals surface area contributed by atoms with Gasteiger partial charge in [-0.25, -0.2) is 14.4 Å². The lowest BCUT2D eigenvalue weighted by Crippen LogP contribution is -2.48. The van der Waals surface area contributed by atoms with Crippen LogP contribution >= 0.6 is 0 Å². The van der Waals surface area contributed by atoms with Crippen LogP contribution in [0.4, 0.5) is 10.2 Å². The number of nitrogens with one attached hydrogen (secondary N) is 2. The van der Waals surface area contributed by atoms with Gasteiger partial charge < -0.3 is 25.4 Å². The van der Waals surface area contributed by atoms with Gasteiger partial charge >= 0.3 is 0 Å². The minimum Gasteiger partial charge on any atom is -0.396 e. The summed E-state index contributed by atoms with van der Waals surface area (Å²) in [6.07, 6.45) is 2.82. The molecule has 4 aromatic rings. The average Bonchev–Trinajstić information content (AvgIpc) is 3.68. The Morgan fingerprint density at radius 3 is 2.70 bits per heavy atom. The number of amides is 2. The van der Waals surface area contributed by atoms with Gasteiger partial charge in [-0.05, 0) is 38.3 Å². The molecule has 1 aliphatic rings. The second-order valence-corrected chi connectivity index (χ2v) is 9.51. The maximum absolute atomic E-state index is 14.5. The first kappa shape index (κ1) is 27.1. The fourth-order valence-corrected chi connectivity index (χ4v) is 4.72. The van der Waals surface area contributed by atoms with Crippen molar-refractivity contribution in [3.05, 3.63) is 65.3 Å². The minimum atomic E-state index is -1.62. The number of aliphatic hydroxyl groups excluding tert-OH is 2. The molecule has 0 fully saturated rings. The third-order valence-corrected chi connectivity index (χ3v) is 6.83. The van der Waals surface area contributed by atoms with Gasteiger partial charge in [-0.15, -0.1) is 0 Å². The number of aryl methyl sites for hydroxylation is 1. The molecule has 0 radical (unpaired) electrons. The molecule has 0 aliphatic carbocycles. The highest BCUT2D eigenvalue weighted by Gasteiger charge is 2.51. The van der Waals surface area contributed by atoms with Gasteiger partial charge in [0, 0.05) is 30.3 Å². The summed E-state index contributed by atoms with van der Waals surface area (Å²) >= 11 is 0. The zero-order valence-electron chi connectivity index (χ0n) is 21.7. The third kappa shape index (κ3) is 4.96. The summed E-state index contributed by atoms with van der Waals surface area (Å²) in [6.45, 7) is 1.28. The molecule has 12 nitrogen and oxygen atoms in total. The fraction of sp³-hybridized carbons (Fsp3) is 0.333. The van der Waals surface area contributed by atoms with Crippen molar-refractivity contribution in [3.8, 4) is 22.9 Å². The molecule has 1 aromatic carbocycles. The van der Waals surface area contributed by atoms with Crippen molar-refractivity contribution < 1.29 is 28.7 Å². The molecule has 0 bridgehead atoms. The number of halogens is 1. The Bertz CT molecular complexity index is 1540. The molecule has 1 unspecified atom stereocenters. The lowest BCUT2D eigenvalue weighted by atomic mass is 9.81. The van der Waals surface area contributed by atoms with Crippen molar-refractivity contribution in [3.63, 3.8) is 0 Å². The van der Waals surface area contributed by atoms with E-state index < -0.39 is 17.2 Å². The van der Waals surface area contributed by atoms with Crippen molar-refractivity contribution >= 4 is 17.6 Å². The number of rotatable bonds is 11. The molecule has 40 heavy (non-hydrogen) atoms. The molecule has 4 heterocycles. The van der Waals surface area contributed by atoms with Gasteiger partial charge in [0.05, 0.1) is 24.5 Å². The van der Waals surface area contributed by atoms with Gasteiger partial charge in [0.2, 0.25) is 11.8 Å². The van der Waals surface area contributed by atoms with Crippen molar-refractivity contribution in [2.75, 3.05) is 25.1 Å². The zero-order valence-corrected chi connectivity index (χ0v) is 21.7. The average molecular weight is 550 g/mol. The van der Waals surface area contributed by atoms with E-state index >= 15 is 0 Å². The van der Waals surface area contributed by atoms with E-state index in [4.69, 9.17) is 14.6 Å². The molecule has 13 heteroatoms. The summed E-state index contributed by atoms with van der Waals surface area (Å²) in [5.41, 5.74) is 0.952. The number of carbonyl (C=O) groups excluding carboxylic acids is 2. The van der Waals surface area contributed by atoms with Crippen molar-refractivity contribution in [2.24, 2.45) is 0 Å². The molecular weight excluding hydrogens is 521 g/mol. The van der Waals surface area contributed by atoms with E-state index in [0.29, 0.717) is 53.2 Å². The first-order chi connectivity index (χ1) is 19.4. The van der Waals surface area contributed by atoms with Gasteiger partial charge in [-0.3, -0.25) is 14.3 Å². The Labute approximate surface area is 228 Å². The molecule has 2 amide bonds. The molecule has 0 spiro atoms. The third-order valence-electron chi connectivity index (χ3n) is 6.83. The predicted octanol–water partition coefficient (Wildman–Crippen LogP) is 1.82. The van der Waals surface area contributed by atoms with E-state index in [0.717, 1.165) is 0 Å². The molecule has 0 saturated carbocycles. The molecule has 1 aliphatic heterocycles. The Hall–Kier alpha value is -4.49. The van der Waals surface area contributed by atoms with Gasteiger partial charge in [-0.2, -0.15) is 5.10 Å². The van der Waals surface area contributed by atoms with Gasteiger partial charge in [-0.1, -0.05) is 23.4 Å². The van der Waals surface area contributed by atoms with E-state index in [9.17, 15) is 19.1 Å². The Morgan fingerprint density at radius 1 is 1.15 bits per heavy atom. The topological polar surface area (TPSA) is 168 Å². The highest BCUT2D eigenvalue weighted by atomic mass is 19.1. The van der Waals surface area contributed by atoms with Crippen molar-refractivity contribution in [1.82, 2.24) is 30.2 Å². The Kier molecular flexibility index (Phi) is 7.67. The summed E-state index contributed by atoms with van der Waals surface area (Å²) in [4.78, 5) is 35.5. The van der Waals surface area contributed by atoms with Crippen LogP contribution in [0.15, 0.2) is 47.2 Å². The molecule has 4 N–H and O–H groups in total. The molecule has 3 aromatic heterocycles. The smallest absolute Gasteiger partial charge is 0.245 e. The SMILES string of the molecule is CC1(C(=O)NCCO)C(=O)Nc2nc(-c3cc(-c4ccon4)n(Cc4ccccc4F)n3)nc(CCCCO)c21. The van der Waals surface area contributed by atoms with Crippen LogP contribution in [0, 0.1) is 5.82 Å². The Balaban J connectivity index is 1.61. The highest BCUT2D eigenvalue weighted by molar-refractivity contribution is 6.20. The fourth-order valence-electron chi connectivity index (χ4n) is 4.72. The van der Waals surface area contributed by atoms with E-state index in [2.05, 4.69) is 25.9 Å².